The van der Waals surface area contributed by atoms with Gasteiger partial charge in [0.05, 0.1) is 0 Å². The number of hydrogen-bond acceptors (Lipinski definition) is 4. The zero-order valence-electron chi connectivity index (χ0n) is 22.6. The Morgan fingerprint density at radius 1 is 1.03 bits per heavy atom. The molecule has 6 heteroatoms. The van der Waals surface area contributed by atoms with Crippen LogP contribution in [-0.4, -0.2) is 45.4 Å². The van der Waals surface area contributed by atoms with Gasteiger partial charge in [0.25, 0.3) is 0 Å². The van der Waals surface area contributed by atoms with Gasteiger partial charge >= 0.3 is 222 Å². The molecular formula is C29H47NO3SSn. The van der Waals surface area contributed by atoms with Crippen LogP contribution in [0.25, 0.3) is 0 Å². The number of unbranched alkanes of at least 4 members (excludes halogenated alkanes) is 3. The number of fused-ring (bicyclic) bond motifs is 1. The van der Waals surface area contributed by atoms with Gasteiger partial charge in [0.2, 0.25) is 0 Å². The first-order valence-electron chi connectivity index (χ1n) is 13.7. The Morgan fingerprint density at radius 2 is 1.66 bits per heavy atom. The van der Waals surface area contributed by atoms with Crippen molar-refractivity contribution in [3.05, 3.63) is 47.4 Å². The van der Waals surface area contributed by atoms with Crippen molar-refractivity contribution in [1.29, 1.82) is 0 Å². The number of benzene rings is 1. The molecule has 35 heavy (non-hydrogen) atoms. The summed E-state index contributed by atoms with van der Waals surface area (Å²) in [6.45, 7) is 13.1. The molecule has 0 amide bonds. The molecule has 1 aliphatic rings. The minimum atomic E-state index is -2.38. The van der Waals surface area contributed by atoms with E-state index in [4.69, 9.17) is 14.5 Å². The van der Waals surface area contributed by atoms with Crippen molar-refractivity contribution in [3.8, 4) is 11.5 Å². The molecule has 196 valence electrons. The zero-order valence-corrected chi connectivity index (χ0v) is 26.2. The molecule has 0 aromatic heterocycles. The number of aliphatic imine (C=N–C) groups is 1. The number of hydrogen-bond donors (Lipinski definition) is 0. The van der Waals surface area contributed by atoms with Crippen molar-refractivity contribution < 1.29 is 13.7 Å². The van der Waals surface area contributed by atoms with E-state index in [0.29, 0.717) is 10.7 Å². The van der Waals surface area contributed by atoms with Gasteiger partial charge in [-0.15, -0.1) is 0 Å². The van der Waals surface area contributed by atoms with Crippen LogP contribution in [0.1, 0.15) is 84.6 Å². The van der Waals surface area contributed by atoms with E-state index >= 15 is 0 Å². The van der Waals surface area contributed by atoms with Crippen LogP contribution in [0, 0.1) is 0 Å². The standard InChI is InChI=1S/C17H20NO3S.3C4H9.Sn/c1-4-22(19)13(2)7-5-6-8-15(18-3)14-9-10-16-17(11-14)21-12-20-16;3*1-3-4-2;/h5,7,9-11H,2-4,6,8,12H2,1H3;3*1,3-4H2,2H3;/b7-5-,18-15+;;;;. The Labute approximate surface area is 221 Å². The molecule has 0 fully saturated rings. The van der Waals surface area contributed by atoms with Gasteiger partial charge in [-0.3, -0.25) is 0 Å². The Balaban J connectivity index is 2.29. The average molecular weight is 608 g/mol. The quantitative estimate of drug-likeness (QED) is 0.0959. The normalized spacial score (nSPS) is 14.6. The second-order valence-corrected chi connectivity index (χ2v) is 25.2. The summed E-state index contributed by atoms with van der Waals surface area (Å²) in [5.74, 6) is 2.24. The molecule has 2 rings (SSSR count). The molecule has 4 nitrogen and oxygen atoms in total. The fourth-order valence-electron chi connectivity index (χ4n) is 4.62. The van der Waals surface area contributed by atoms with Crippen molar-refractivity contribution in [3.63, 3.8) is 0 Å². The molecule has 0 bridgehead atoms. The van der Waals surface area contributed by atoms with E-state index < -0.39 is 29.2 Å². The molecule has 1 aliphatic heterocycles. The Morgan fingerprint density at radius 3 is 2.26 bits per heavy atom. The molecule has 1 aromatic carbocycles. The Hall–Kier alpha value is -1.08. The van der Waals surface area contributed by atoms with Crippen LogP contribution in [-0.2, 0) is 10.8 Å². The molecule has 0 spiro atoms. The summed E-state index contributed by atoms with van der Waals surface area (Å²) in [5.41, 5.74) is 2.31. The van der Waals surface area contributed by atoms with Gasteiger partial charge < -0.3 is 0 Å². The van der Waals surface area contributed by atoms with Crippen LogP contribution in [0.15, 0.2) is 46.8 Å². The van der Waals surface area contributed by atoms with Crippen LogP contribution in [0.2, 0.25) is 13.3 Å². The van der Waals surface area contributed by atoms with Crippen molar-refractivity contribution in [2.75, 3.05) is 17.1 Å². The molecule has 1 atom stereocenters. The van der Waals surface area contributed by atoms with Gasteiger partial charge in [-0.2, -0.15) is 0 Å². The monoisotopic (exact) mass is 609 g/mol. The minimum absolute atomic E-state index is 0.287. The molecule has 1 unspecified atom stereocenters. The number of ether oxygens (including phenoxy) is 2. The van der Waals surface area contributed by atoms with Crippen molar-refractivity contribution in [2.45, 2.75) is 92.4 Å². The summed E-state index contributed by atoms with van der Waals surface area (Å²) < 4.78 is 28.6. The maximum atomic E-state index is 12.0. The van der Waals surface area contributed by atoms with Crippen LogP contribution >= 0.6 is 0 Å². The van der Waals surface area contributed by atoms with E-state index in [2.05, 4.69) is 45.6 Å². The van der Waals surface area contributed by atoms with Crippen LogP contribution in [0.5, 0.6) is 11.5 Å². The molecule has 0 radical (unpaired) electrons. The van der Waals surface area contributed by atoms with Crippen molar-refractivity contribution >= 4 is 34.9 Å². The van der Waals surface area contributed by atoms with Gasteiger partial charge in [-0.25, -0.2) is 0 Å². The molecule has 0 aliphatic carbocycles. The van der Waals surface area contributed by atoms with Crippen LogP contribution < -0.4 is 9.47 Å². The first-order valence-corrected chi connectivity index (χ1v) is 23.0. The summed E-state index contributed by atoms with van der Waals surface area (Å²) in [4.78, 5) is 6.11. The SMILES string of the molecule is C=C(/C=C\CC/C(=N\[CH2][Sn]([CH2]CCC)([CH2]CCC)[CH2]CCC)c1ccc2c(c1)OCO2)S(=O)CC. The Bertz CT molecular complexity index is 859. The van der Waals surface area contributed by atoms with Gasteiger partial charge in [-0.1, -0.05) is 0 Å². The van der Waals surface area contributed by atoms with E-state index in [1.165, 1.54) is 57.5 Å². The van der Waals surface area contributed by atoms with E-state index in [-0.39, 0.29) is 6.79 Å². The second kappa shape index (κ2) is 16.6. The van der Waals surface area contributed by atoms with Crippen molar-refractivity contribution in [2.24, 2.45) is 4.99 Å². The zero-order chi connectivity index (χ0) is 25.5. The van der Waals surface area contributed by atoms with Crippen LogP contribution in [0.3, 0.4) is 0 Å². The van der Waals surface area contributed by atoms with Gasteiger partial charge in [0, 0.05) is 0 Å². The van der Waals surface area contributed by atoms with Crippen molar-refractivity contribution in [1.82, 2.24) is 0 Å². The summed E-state index contributed by atoms with van der Waals surface area (Å²) in [5, 5.41) is 0. The molecular weight excluding hydrogens is 561 g/mol. The molecule has 1 aromatic rings. The summed E-state index contributed by atoms with van der Waals surface area (Å²) in [7, 11) is -0.981. The number of nitrogens with zero attached hydrogens (tertiary/aromatic N) is 1. The molecule has 0 saturated heterocycles. The fourth-order valence-corrected chi connectivity index (χ4v) is 19.7. The molecule has 0 N–H and O–H groups in total. The van der Waals surface area contributed by atoms with Gasteiger partial charge in [0.15, 0.2) is 0 Å². The van der Waals surface area contributed by atoms with Gasteiger partial charge in [-0.05, 0) is 0 Å². The first kappa shape index (κ1) is 30.1. The predicted octanol–water partition coefficient (Wildman–Crippen LogP) is 8.21. The Kier molecular flexibility index (Phi) is 14.3. The number of rotatable bonds is 18. The fraction of sp³-hybridized carbons (Fsp3) is 0.621. The summed E-state index contributed by atoms with van der Waals surface area (Å²) in [6.07, 6.45) is 13.7. The molecule has 1 heterocycles. The van der Waals surface area contributed by atoms with E-state index in [9.17, 15) is 4.21 Å². The first-order chi connectivity index (χ1) is 17.0. The van der Waals surface area contributed by atoms with Crippen LogP contribution in [0.4, 0.5) is 0 Å². The average Bonchev–Trinajstić information content (AvgIpc) is 3.36. The third kappa shape index (κ3) is 10.1. The molecule has 0 saturated carbocycles. The third-order valence-electron chi connectivity index (χ3n) is 6.90. The second-order valence-electron chi connectivity index (χ2n) is 9.68. The topological polar surface area (TPSA) is 47.9 Å². The van der Waals surface area contributed by atoms with E-state index in [1.807, 2.05) is 19.1 Å². The number of allylic oxidation sites excluding steroid dienone is 2. The summed E-state index contributed by atoms with van der Waals surface area (Å²) in [6, 6.07) is 6.23. The maximum absolute atomic E-state index is 12.0. The van der Waals surface area contributed by atoms with E-state index in [0.717, 1.165) is 34.5 Å². The van der Waals surface area contributed by atoms with E-state index in [1.54, 1.807) is 0 Å². The van der Waals surface area contributed by atoms with Gasteiger partial charge in [0.1, 0.15) is 0 Å². The predicted molar refractivity (Wildman–Crippen MR) is 155 cm³/mol. The summed E-state index contributed by atoms with van der Waals surface area (Å²) >= 11 is -2.38. The third-order valence-corrected chi connectivity index (χ3v) is 22.6.